The van der Waals surface area contributed by atoms with E-state index in [0.717, 1.165) is 31.9 Å². The molecule has 0 aromatic carbocycles. The molecule has 4 nitrogen and oxygen atoms in total. The number of nitrogens with zero attached hydrogens (tertiary/aromatic N) is 3. The first-order valence-electron chi connectivity index (χ1n) is 6.12. The SMILES string of the molecule is CC(C)C(=O)N1CCN(c2cccnc2)CC1. The van der Waals surface area contributed by atoms with Gasteiger partial charge in [0.25, 0.3) is 0 Å². The topological polar surface area (TPSA) is 36.4 Å². The standard InChI is InChI=1S/C13H19N3O/c1-11(2)13(17)16-8-6-15(7-9-16)12-4-3-5-14-10-12/h3-5,10-11H,6-9H2,1-2H3. The van der Waals surface area contributed by atoms with Crippen LogP contribution in [0.25, 0.3) is 0 Å². The van der Waals surface area contributed by atoms with Crippen molar-refractivity contribution in [1.29, 1.82) is 0 Å². The van der Waals surface area contributed by atoms with Crippen LogP contribution < -0.4 is 4.90 Å². The number of carbonyl (C=O) groups excluding carboxylic acids is 1. The van der Waals surface area contributed by atoms with Gasteiger partial charge in [0, 0.05) is 38.3 Å². The van der Waals surface area contributed by atoms with Gasteiger partial charge in [0.1, 0.15) is 0 Å². The summed E-state index contributed by atoms with van der Waals surface area (Å²) >= 11 is 0. The molecule has 0 spiro atoms. The van der Waals surface area contributed by atoms with Crippen molar-refractivity contribution < 1.29 is 4.79 Å². The van der Waals surface area contributed by atoms with Gasteiger partial charge in [0.15, 0.2) is 0 Å². The third-order valence-corrected chi connectivity index (χ3v) is 3.10. The van der Waals surface area contributed by atoms with E-state index in [4.69, 9.17) is 0 Å². The number of carbonyl (C=O) groups is 1. The Morgan fingerprint density at radius 1 is 1.29 bits per heavy atom. The zero-order valence-electron chi connectivity index (χ0n) is 10.5. The second kappa shape index (κ2) is 5.17. The molecule has 2 rings (SSSR count). The predicted molar refractivity (Wildman–Crippen MR) is 67.9 cm³/mol. The van der Waals surface area contributed by atoms with Crippen LogP contribution in [0.2, 0.25) is 0 Å². The summed E-state index contributed by atoms with van der Waals surface area (Å²) in [6, 6.07) is 4.01. The summed E-state index contributed by atoms with van der Waals surface area (Å²) in [4.78, 5) is 20.2. The fourth-order valence-electron chi connectivity index (χ4n) is 2.09. The minimum Gasteiger partial charge on any atom is -0.367 e. The molecule has 92 valence electrons. The summed E-state index contributed by atoms with van der Waals surface area (Å²) in [7, 11) is 0. The van der Waals surface area contributed by atoms with E-state index in [9.17, 15) is 4.79 Å². The van der Waals surface area contributed by atoms with Crippen LogP contribution in [0.15, 0.2) is 24.5 Å². The van der Waals surface area contributed by atoms with Gasteiger partial charge in [-0.3, -0.25) is 9.78 Å². The molecule has 17 heavy (non-hydrogen) atoms. The Balaban J connectivity index is 1.93. The number of piperazine rings is 1. The highest BCUT2D eigenvalue weighted by Gasteiger charge is 2.22. The number of amides is 1. The van der Waals surface area contributed by atoms with Crippen LogP contribution in [0.3, 0.4) is 0 Å². The van der Waals surface area contributed by atoms with Gasteiger partial charge in [0.2, 0.25) is 5.91 Å². The third-order valence-electron chi connectivity index (χ3n) is 3.10. The average Bonchev–Trinajstić information content (AvgIpc) is 2.39. The average molecular weight is 233 g/mol. The molecule has 1 saturated heterocycles. The molecule has 1 aliphatic rings. The van der Waals surface area contributed by atoms with E-state index in [1.807, 2.05) is 31.0 Å². The van der Waals surface area contributed by atoms with Gasteiger partial charge in [-0.15, -0.1) is 0 Å². The van der Waals surface area contributed by atoms with Crippen LogP contribution >= 0.6 is 0 Å². The van der Waals surface area contributed by atoms with Crippen molar-refractivity contribution in [3.63, 3.8) is 0 Å². The van der Waals surface area contributed by atoms with E-state index in [-0.39, 0.29) is 11.8 Å². The van der Waals surface area contributed by atoms with Crippen molar-refractivity contribution in [3.05, 3.63) is 24.5 Å². The Bertz CT molecular complexity index is 370. The van der Waals surface area contributed by atoms with Crippen LogP contribution in [0.5, 0.6) is 0 Å². The smallest absolute Gasteiger partial charge is 0.225 e. The lowest BCUT2D eigenvalue weighted by atomic mass is 10.1. The Morgan fingerprint density at radius 3 is 2.53 bits per heavy atom. The van der Waals surface area contributed by atoms with Crippen molar-refractivity contribution in [1.82, 2.24) is 9.88 Å². The van der Waals surface area contributed by atoms with E-state index < -0.39 is 0 Å². The van der Waals surface area contributed by atoms with Gasteiger partial charge in [-0.2, -0.15) is 0 Å². The molecule has 1 amide bonds. The van der Waals surface area contributed by atoms with Gasteiger partial charge in [-0.1, -0.05) is 13.8 Å². The van der Waals surface area contributed by atoms with Gasteiger partial charge in [-0.25, -0.2) is 0 Å². The summed E-state index contributed by atoms with van der Waals surface area (Å²) in [6.07, 6.45) is 3.65. The Hall–Kier alpha value is -1.58. The lowest BCUT2D eigenvalue weighted by Gasteiger charge is -2.36. The number of hydrogen-bond donors (Lipinski definition) is 0. The lowest BCUT2D eigenvalue weighted by Crippen LogP contribution is -2.49. The van der Waals surface area contributed by atoms with Crippen molar-refractivity contribution in [2.24, 2.45) is 5.92 Å². The molecular weight excluding hydrogens is 214 g/mol. The maximum atomic E-state index is 11.8. The Morgan fingerprint density at radius 2 is 2.00 bits per heavy atom. The fraction of sp³-hybridized carbons (Fsp3) is 0.538. The van der Waals surface area contributed by atoms with Gasteiger partial charge < -0.3 is 9.80 Å². The summed E-state index contributed by atoms with van der Waals surface area (Å²) in [5, 5.41) is 0. The summed E-state index contributed by atoms with van der Waals surface area (Å²) in [5.74, 6) is 0.357. The van der Waals surface area contributed by atoms with Gasteiger partial charge in [0.05, 0.1) is 11.9 Å². The monoisotopic (exact) mass is 233 g/mol. The van der Waals surface area contributed by atoms with Crippen molar-refractivity contribution in [2.75, 3.05) is 31.1 Å². The molecule has 2 heterocycles. The van der Waals surface area contributed by atoms with E-state index >= 15 is 0 Å². The summed E-state index contributed by atoms with van der Waals surface area (Å²) in [6.45, 7) is 7.32. The maximum absolute atomic E-state index is 11.8. The number of hydrogen-bond acceptors (Lipinski definition) is 3. The van der Waals surface area contributed by atoms with Crippen molar-refractivity contribution >= 4 is 11.6 Å². The molecule has 1 aliphatic heterocycles. The third kappa shape index (κ3) is 2.75. The van der Waals surface area contributed by atoms with Crippen LogP contribution in [0.1, 0.15) is 13.8 Å². The quantitative estimate of drug-likeness (QED) is 0.774. The van der Waals surface area contributed by atoms with E-state index in [1.54, 1.807) is 6.20 Å². The normalized spacial score (nSPS) is 16.4. The number of pyridine rings is 1. The predicted octanol–water partition coefficient (Wildman–Crippen LogP) is 1.39. The molecule has 0 aliphatic carbocycles. The van der Waals surface area contributed by atoms with Gasteiger partial charge in [-0.05, 0) is 12.1 Å². The summed E-state index contributed by atoms with van der Waals surface area (Å²) in [5.41, 5.74) is 1.14. The van der Waals surface area contributed by atoms with Crippen molar-refractivity contribution in [3.8, 4) is 0 Å². The zero-order chi connectivity index (χ0) is 12.3. The number of aromatic nitrogens is 1. The molecule has 0 N–H and O–H groups in total. The molecule has 1 fully saturated rings. The molecule has 0 unspecified atom stereocenters. The van der Waals surface area contributed by atoms with E-state index in [2.05, 4.69) is 16.0 Å². The molecule has 4 heteroatoms. The van der Waals surface area contributed by atoms with Gasteiger partial charge >= 0.3 is 0 Å². The second-order valence-corrected chi connectivity index (χ2v) is 4.68. The largest absolute Gasteiger partial charge is 0.367 e. The maximum Gasteiger partial charge on any atom is 0.225 e. The van der Waals surface area contributed by atoms with Crippen LogP contribution in [-0.4, -0.2) is 42.0 Å². The first kappa shape index (κ1) is 11.9. The van der Waals surface area contributed by atoms with Crippen LogP contribution in [0, 0.1) is 5.92 Å². The second-order valence-electron chi connectivity index (χ2n) is 4.68. The van der Waals surface area contributed by atoms with E-state index in [1.165, 1.54) is 0 Å². The molecule has 1 aromatic rings. The van der Waals surface area contributed by atoms with Crippen LogP contribution in [-0.2, 0) is 4.79 Å². The molecule has 0 radical (unpaired) electrons. The molecule has 0 saturated carbocycles. The molecule has 0 bridgehead atoms. The molecular formula is C13H19N3O. The highest BCUT2D eigenvalue weighted by molar-refractivity contribution is 5.78. The van der Waals surface area contributed by atoms with E-state index in [0.29, 0.717) is 0 Å². The minimum absolute atomic E-state index is 0.0972. The number of anilines is 1. The Kier molecular flexibility index (Phi) is 3.61. The summed E-state index contributed by atoms with van der Waals surface area (Å²) < 4.78 is 0. The molecule has 1 aromatic heterocycles. The van der Waals surface area contributed by atoms with Crippen LogP contribution in [0.4, 0.5) is 5.69 Å². The minimum atomic E-state index is 0.0972. The fourth-order valence-corrected chi connectivity index (χ4v) is 2.09. The zero-order valence-corrected chi connectivity index (χ0v) is 10.5. The lowest BCUT2D eigenvalue weighted by molar-refractivity contribution is -0.134. The Labute approximate surface area is 102 Å². The first-order valence-corrected chi connectivity index (χ1v) is 6.12. The highest BCUT2D eigenvalue weighted by Crippen LogP contribution is 2.15. The number of rotatable bonds is 2. The highest BCUT2D eigenvalue weighted by atomic mass is 16.2. The van der Waals surface area contributed by atoms with Crippen molar-refractivity contribution in [2.45, 2.75) is 13.8 Å². The first-order chi connectivity index (χ1) is 8.18. The molecule has 0 atom stereocenters.